The lowest BCUT2D eigenvalue weighted by Gasteiger charge is -2.47. The Balaban J connectivity index is 1.49. The predicted molar refractivity (Wildman–Crippen MR) is 104 cm³/mol. The number of nitrogens with one attached hydrogen (secondary N) is 2. The van der Waals surface area contributed by atoms with Gasteiger partial charge >= 0.3 is 0 Å². The summed E-state index contributed by atoms with van der Waals surface area (Å²) in [6.45, 7) is 0.0847. The Hall–Kier alpha value is -3.20. The minimum atomic E-state index is -2.83. The minimum Gasteiger partial charge on any atom is -0.368 e. The van der Waals surface area contributed by atoms with Gasteiger partial charge in [0.2, 0.25) is 5.92 Å². The van der Waals surface area contributed by atoms with E-state index in [1.165, 1.54) is 18.3 Å². The third-order valence-electron chi connectivity index (χ3n) is 5.07. The van der Waals surface area contributed by atoms with Gasteiger partial charge < -0.3 is 10.7 Å². The lowest BCUT2D eigenvalue weighted by atomic mass is 9.63. The van der Waals surface area contributed by atoms with Gasteiger partial charge in [-0.3, -0.25) is 10.8 Å². The summed E-state index contributed by atoms with van der Waals surface area (Å²) in [7, 11) is 0. The molecule has 0 amide bonds. The van der Waals surface area contributed by atoms with Gasteiger partial charge in [-0.15, -0.1) is 10.2 Å². The third kappa shape index (κ3) is 3.86. The molecule has 3 aromatic rings. The Morgan fingerprint density at radius 3 is 2.34 bits per heavy atom. The number of hydrogen-bond donors (Lipinski definition) is 3. The number of nitrogens with two attached hydrogens (primary N) is 1. The van der Waals surface area contributed by atoms with Crippen molar-refractivity contribution in [2.75, 3.05) is 17.3 Å². The molecule has 0 aliphatic heterocycles. The molecule has 2 heterocycles. The van der Waals surface area contributed by atoms with Crippen LogP contribution in [0, 0.1) is 5.82 Å². The van der Waals surface area contributed by atoms with Gasteiger partial charge in [-0.05, 0) is 36.4 Å². The summed E-state index contributed by atoms with van der Waals surface area (Å²) in [6, 6.07) is 13.5. The number of alkyl halides is 2. The number of aromatic nitrogens is 3. The highest BCUT2D eigenvalue weighted by molar-refractivity contribution is 5.62. The first-order chi connectivity index (χ1) is 13.9. The number of benzene rings is 1. The van der Waals surface area contributed by atoms with Gasteiger partial charge in [0.05, 0.1) is 11.4 Å². The molecule has 0 radical (unpaired) electrons. The maximum Gasteiger partial charge on any atom is 0.250 e. The monoisotopic (exact) mass is 400 g/mol. The van der Waals surface area contributed by atoms with E-state index in [1.54, 1.807) is 12.1 Å². The van der Waals surface area contributed by atoms with E-state index in [4.69, 9.17) is 5.84 Å². The highest BCUT2D eigenvalue weighted by Gasteiger charge is 2.58. The number of rotatable bonds is 6. The van der Waals surface area contributed by atoms with Gasteiger partial charge in [0, 0.05) is 42.2 Å². The van der Waals surface area contributed by atoms with Crippen LogP contribution in [0.2, 0.25) is 0 Å². The van der Waals surface area contributed by atoms with Crippen LogP contribution in [0.4, 0.5) is 24.7 Å². The molecule has 1 aliphatic rings. The molecular formula is C20H19F3N6. The van der Waals surface area contributed by atoms with E-state index in [0.29, 0.717) is 11.5 Å². The van der Waals surface area contributed by atoms with Crippen LogP contribution >= 0.6 is 0 Å². The Labute approximate surface area is 165 Å². The summed E-state index contributed by atoms with van der Waals surface area (Å²) in [5, 5.41) is 11.3. The molecule has 0 saturated heterocycles. The molecule has 4 rings (SSSR count). The first kappa shape index (κ1) is 19.1. The van der Waals surface area contributed by atoms with Gasteiger partial charge in [-0.1, -0.05) is 12.1 Å². The standard InChI is InChI=1S/C20H19F3N6/c21-15-2-1-9-25-18(15)19(10-20(22,23)11-19)12-26-17-8-7-16(28-29-17)13-3-5-14(27-24)6-4-13/h1-9,27H,10-12,24H2,(H,26,29). The molecule has 0 unspecified atom stereocenters. The van der Waals surface area contributed by atoms with E-state index in [0.717, 1.165) is 11.3 Å². The third-order valence-corrected chi connectivity index (χ3v) is 5.07. The second-order valence-corrected chi connectivity index (χ2v) is 7.20. The quantitative estimate of drug-likeness (QED) is 0.432. The van der Waals surface area contributed by atoms with Crippen molar-refractivity contribution >= 4 is 11.5 Å². The molecule has 1 saturated carbocycles. The Kier molecular flexibility index (Phi) is 4.83. The molecule has 4 N–H and O–H groups in total. The Bertz CT molecular complexity index is 984. The van der Waals surface area contributed by atoms with E-state index >= 15 is 0 Å². The van der Waals surface area contributed by atoms with E-state index in [1.807, 2.05) is 24.3 Å². The summed E-state index contributed by atoms with van der Waals surface area (Å²) >= 11 is 0. The zero-order chi connectivity index (χ0) is 20.5. The van der Waals surface area contributed by atoms with Crippen LogP contribution in [0.3, 0.4) is 0 Å². The summed E-state index contributed by atoms with van der Waals surface area (Å²) in [5.41, 5.74) is 3.79. The highest BCUT2D eigenvalue weighted by atomic mass is 19.3. The SMILES string of the molecule is NNc1ccc(-c2ccc(NCC3(c4ncccc4F)CC(F)(F)C3)nn2)cc1. The molecule has 1 fully saturated rings. The van der Waals surface area contributed by atoms with Gasteiger partial charge in [0.25, 0.3) is 0 Å². The van der Waals surface area contributed by atoms with Crippen LogP contribution in [-0.4, -0.2) is 27.6 Å². The molecule has 0 spiro atoms. The van der Waals surface area contributed by atoms with Crippen molar-refractivity contribution in [2.24, 2.45) is 5.84 Å². The lowest BCUT2D eigenvalue weighted by Crippen LogP contribution is -2.54. The molecule has 9 heteroatoms. The maximum atomic E-state index is 14.2. The van der Waals surface area contributed by atoms with E-state index in [2.05, 4.69) is 25.9 Å². The highest BCUT2D eigenvalue weighted by Crippen LogP contribution is 2.53. The van der Waals surface area contributed by atoms with Gasteiger partial charge in [-0.25, -0.2) is 13.2 Å². The molecule has 150 valence electrons. The normalized spacial score (nSPS) is 16.7. The van der Waals surface area contributed by atoms with Crippen molar-refractivity contribution in [3.8, 4) is 11.3 Å². The molecule has 1 aliphatic carbocycles. The molecule has 6 nitrogen and oxygen atoms in total. The number of nitrogens with zero attached hydrogens (tertiary/aromatic N) is 3. The van der Waals surface area contributed by atoms with Crippen molar-refractivity contribution in [3.05, 3.63) is 66.2 Å². The molecule has 29 heavy (non-hydrogen) atoms. The summed E-state index contributed by atoms with van der Waals surface area (Å²) < 4.78 is 41.5. The van der Waals surface area contributed by atoms with Gasteiger partial charge in [0.15, 0.2) is 0 Å². The van der Waals surface area contributed by atoms with E-state index in [-0.39, 0.29) is 12.2 Å². The average Bonchev–Trinajstić information content (AvgIpc) is 2.71. The van der Waals surface area contributed by atoms with Crippen molar-refractivity contribution in [2.45, 2.75) is 24.2 Å². The fourth-order valence-electron chi connectivity index (χ4n) is 3.67. The summed E-state index contributed by atoms with van der Waals surface area (Å²) in [5.74, 6) is 2.36. The smallest absolute Gasteiger partial charge is 0.250 e. The number of halogens is 3. The maximum absolute atomic E-state index is 14.2. The predicted octanol–water partition coefficient (Wildman–Crippen LogP) is 3.74. The molecular weight excluding hydrogens is 381 g/mol. The van der Waals surface area contributed by atoms with Crippen LogP contribution in [-0.2, 0) is 5.41 Å². The topological polar surface area (TPSA) is 88.8 Å². The lowest BCUT2D eigenvalue weighted by molar-refractivity contribution is -0.124. The van der Waals surface area contributed by atoms with Crippen LogP contribution in [0.15, 0.2) is 54.7 Å². The Morgan fingerprint density at radius 1 is 1.00 bits per heavy atom. The van der Waals surface area contributed by atoms with Crippen LogP contribution in [0.25, 0.3) is 11.3 Å². The number of anilines is 2. The first-order valence-corrected chi connectivity index (χ1v) is 9.04. The molecule has 2 aromatic heterocycles. The number of hydrazine groups is 1. The van der Waals surface area contributed by atoms with Crippen molar-refractivity contribution < 1.29 is 13.2 Å². The second-order valence-electron chi connectivity index (χ2n) is 7.20. The van der Waals surface area contributed by atoms with Crippen molar-refractivity contribution in [3.63, 3.8) is 0 Å². The fraction of sp³-hybridized carbons (Fsp3) is 0.250. The van der Waals surface area contributed by atoms with Gasteiger partial charge in [-0.2, -0.15) is 0 Å². The average molecular weight is 400 g/mol. The van der Waals surface area contributed by atoms with Crippen LogP contribution in [0.5, 0.6) is 0 Å². The largest absolute Gasteiger partial charge is 0.368 e. The summed E-state index contributed by atoms with van der Waals surface area (Å²) in [6.07, 6.45) is 0.485. The first-order valence-electron chi connectivity index (χ1n) is 9.04. The second kappa shape index (κ2) is 7.32. The van der Waals surface area contributed by atoms with Crippen molar-refractivity contribution in [1.29, 1.82) is 0 Å². The van der Waals surface area contributed by atoms with Crippen LogP contribution in [0.1, 0.15) is 18.5 Å². The van der Waals surface area contributed by atoms with Crippen LogP contribution < -0.4 is 16.6 Å². The fourth-order valence-corrected chi connectivity index (χ4v) is 3.67. The number of hydrogen-bond acceptors (Lipinski definition) is 6. The Morgan fingerprint density at radius 2 is 1.76 bits per heavy atom. The number of pyridine rings is 1. The van der Waals surface area contributed by atoms with E-state index < -0.39 is 30.0 Å². The van der Waals surface area contributed by atoms with Crippen molar-refractivity contribution in [1.82, 2.24) is 15.2 Å². The minimum absolute atomic E-state index is 0.0524. The molecule has 1 aromatic carbocycles. The molecule has 0 atom stereocenters. The van der Waals surface area contributed by atoms with Gasteiger partial charge in [0.1, 0.15) is 11.6 Å². The number of nitrogen functional groups attached to an aromatic ring is 1. The zero-order valence-corrected chi connectivity index (χ0v) is 15.4. The molecule has 0 bridgehead atoms. The van der Waals surface area contributed by atoms with E-state index in [9.17, 15) is 13.2 Å². The summed E-state index contributed by atoms with van der Waals surface area (Å²) in [4.78, 5) is 4.02. The zero-order valence-electron chi connectivity index (χ0n) is 15.4.